The molecule has 4 nitrogen and oxygen atoms in total. The number of ether oxygens (including phenoxy) is 2. The summed E-state index contributed by atoms with van der Waals surface area (Å²) in [5, 5.41) is 3.61. The lowest BCUT2D eigenvalue weighted by Gasteiger charge is -2.31. The molecule has 2 aromatic rings. The molecule has 1 spiro atoms. The highest BCUT2D eigenvalue weighted by Crippen LogP contribution is 2.46. The largest absolute Gasteiger partial charge is 0.448 e. The number of fused-ring (bicyclic) bond motifs is 1. The second-order valence-corrected chi connectivity index (χ2v) is 7.23. The molecule has 1 N–H and O–H groups in total. The number of anilines is 1. The molecule has 1 saturated carbocycles. The number of carbonyl (C=O) groups excluding carboxylic acids is 1. The lowest BCUT2D eigenvalue weighted by molar-refractivity contribution is -0.105. The quantitative estimate of drug-likeness (QED) is 0.732. The third-order valence-corrected chi connectivity index (χ3v) is 5.33. The van der Waals surface area contributed by atoms with Crippen LogP contribution in [0.1, 0.15) is 42.5 Å². The van der Waals surface area contributed by atoms with Crippen LogP contribution in [-0.4, -0.2) is 11.7 Å². The monoisotopic (exact) mass is 377 g/mol. The molecule has 6 heteroatoms. The molecule has 0 atom stereocenters. The van der Waals surface area contributed by atoms with Gasteiger partial charge < -0.3 is 14.8 Å². The summed E-state index contributed by atoms with van der Waals surface area (Å²) in [7, 11) is 0. The standard InChI is InChI=1S/C19H17Cl2NO3/c20-14-6-4-12(10-15(14)21)18(23)22-13-5-7-16-17(11-13)25-19(24-16)8-2-1-3-9-19/h4-7,10-11H,1-3,8-9H2,(H,22,23). The Kier molecular flexibility index (Phi) is 4.26. The molecule has 2 aromatic carbocycles. The highest BCUT2D eigenvalue weighted by Gasteiger charge is 2.42. The van der Waals surface area contributed by atoms with Crippen molar-refractivity contribution in [3.8, 4) is 11.5 Å². The Balaban J connectivity index is 1.51. The van der Waals surface area contributed by atoms with Gasteiger partial charge in [-0.1, -0.05) is 29.6 Å². The van der Waals surface area contributed by atoms with Crippen LogP contribution in [0.3, 0.4) is 0 Å². The van der Waals surface area contributed by atoms with Crippen molar-refractivity contribution in [3.63, 3.8) is 0 Å². The van der Waals surface area contributed by atoms with Crippen LogP contribution in [0.25, 0.3) is 0 Å². The minimum atomic E-state index is -0.521. The van der Waals surface area contributed by atoms with Crippen molar-refractivity contribution in [3.05, 3.63) is 52.0 Å². The molecule has 4 rings (SSSR count). The van der Waals surface area contributed by atoms with E-state index in [2.05, 4.69) is 5.32 Å². The van der Waals surface area contributed by atoms with Gasteiger partial charge in [0.15, 0.2) is 11.5 Å². The predicted molar refractivity (Wildman–Crippen MR) is 97.9 cm³/mol. The average molecular weight is 378 g/mol. The second kappa shape index (κ2) is 6.43. The van der Waals surface area contributed by atoms with Gasteiger partial charge >= 0.3 is 0 Å². The molecule has 1 aliphatic carbocycles. The van der Waals surface area contributed by atoms with Crippen LogP contribution in [0.5, 0.6) is 11.5 Å². The zero-order chi connectivity index (χ0) is 17.4. The van der Waals surface area contributed by atoms with Crippen molar-refractivity contribution in [2.24, 2.45) is 0 Å². The fourth-order valence-corrected chi connectivity index (χ4v) is 3.60. The van der Waals surface area contributed by atoms with E-state index in [0.29, 0.717) is 27.0 Å². The van der Waals surface area contributed by atoms with Gasteiger partial charge in [-0.2, -0.15) is 0 Å². The van der Waals surface area contributed by atoms with Crippen LogP contribution in [0.4, 0.5) is 5.69 Å². The van der Waals surface area contributed by atoms with Crippen molar-refractivity contribution >= 4 is 34.8 Å². The van der Waals surface area contributed by atoms with Gasteiger partial charge in [-0.15, -0.1) is 0 Å². The van der Waals surface area contributed by atoms with Crippen LogP contribution in [0.2, 0.25) is 10.0 Å². The Morgan fingerprint density at radius 1 is 0.920 bits per heavy atom. The van der Waals surface area contributed by atoms with E-state index in [0.717, 1.165) is 31.4 Å². The highest BCUT2D eigenvalue weighted by molar-refractivity contribution is 6.42. The van der Waals surface area contributed by atoms with Gasteiger partial charge in [-0.25, -0.2) is 0 Å². The van der Waals surface area contributed by atoms with E-state index in [1.165, 1.54) is 6.42 Å². The zero-order valence-corrected chi connectivity index (χ0v) is 15.0. The Morgan fingerprint density at radius 2 is 1.68 bits per heavy atom. The van der Waals surface area contributed by atoms with Gasteiger partial charge in [0.05, 0.1) is 10.0 Å². The average Bonchev–Trinajstić information content (AvgIpc) is 2.94. The van der Waals surface area contributed by atoms with Crippen molar-refractivity contribution in [2.75, 3.05) is 5.32 Å². The molecular weight excluding hydrogens is 361 g/mol. The first-order valence-corrected chi connectivity index (χ1v) is 9.09. The fourth-order valence-electron chi connectivity index (χ4n) is 3.31. The molecule has 0 unspecified atom stereocenters. The lowest BCUT2D eigenvalue weighted by Crippen LogP contribution is -2.40. The Morgan fingerprint density at radius 3 is 2.44 bits per heavy atom. The molecule has 0 bridgehead atoms. The number of halogens is 2. The van der Waals surface area contributed by atoms with Crippen LogP contribution in [0, 0.1) is 0 Å². The van der Waals surface area contributed by atoms with Crippen molar-refractivity contribution in [1.82, 2.24) is 0 Å². The SMILES string of the molecule is O=C(Nc1ccc2c(c1)OC1(CCCCC1)O2)c1ccc(Cl)c(Cl)c1. The summed E-state index contributed by atoms with van der Waals surface area (Å²) in [6.45, 7) is 0. The van der Waals surface area contributed by atoms with Crippen molar-refractivity contribution < 1.29 is 14.3 Å². The van der Waals surface area contributed by atoms with Gasteiger partial charge in [-0.3, -0.25) is 4.79 Å². The van der Waals surface area contributed by atoms with E-state index in [4.69, 9.17) is 32.7 Å². The minimum Gasteiger partial charge on any atom is -0.448 e. The smallest absolute Gasteiger partial charge is 0.255 e. The maximum absolute atomic E-state index is 12.4. The normalized spacial score (nSPS) is 17.5. The summed E-state index contributed by atoms with van der Waals surface area (Å²) in [5.41, 5.74) is 1.09. The van der Waals surface area contributed by atoms with Crippen LogP contribution < -0.4 is 14.8 Å². The Bertz CT molecular complexity index is 831. The number of amides is 1. The van der Waals surface area contributed by atoms with Crippen molar-refractivity contribution in [2.45, 2.75) is 37.9 Å². The third-order valence-electron chi connectivity index (χ3n) is 4.59. The second-order valence-electron chi connectivity index (χ2n) is 6.42. The first kappa shape index (κ1) is 16.6. The van der Waals surface area contributed by atoms with E-state index >= 15 is 0 Å². The first-order valence-electron chi connectivity index (χ1n) is 8.33. The van der Waals surface area contributed by atoms with E-state index < -0.39 is 5.79 Å². The van der Waals surface area contributed by atoms with Crippen LogP contribution in [0.15, 0.2) is 36.4 Å². The number of hydrogen-bond acceptors (Lipinski definition) is 3. The lowest BCUT2D eigenvalue weighted by atomic mass is 9.94. The van der Waals surface area contributed by atoms with Gasteiger partial charge in [-0.05, 0) is 43.2 Å². The maximum atomic E-state index is 12.4. The topological polar surface area (TPSA) is 47.6 Å². The van der Waals surface area contributed by atoms with Crippen molar-refractivity contribution in [1.29, 1.82) is 0 Å². The van der Waals surface area contributed by atoms with Gasteiger partial charge in [0.25, 0.3) is 11.7 Å². The summed E-state index contributed by atoms with van der Waals surface area (Å²) < 4.78 is 12.1. The molecule has 0 radical (unpaired) electrons. The third kappa shape index (κ3) is 3.29. The van der Waals surface area contributed by atoms with Gasteiger partial charge in [0.2, 0.25) is 0 Å². The van der Waals surface area contributed by atoms with Crippen LogP contribution in [-0.2, 0) is 0 Å². The maximum Gasteiger partial charge on any atom is 0.255 e. The zero-order valence-electron chi connectivity index (χ0n) is 13.5. The molecule has 1 fully saturated rings. The molecule has 1 aliphatic heterocycles. The molecule has 1 amide bonds. The molecule has 0 aromatic heterocycles. The number of rotatable bonds is 2. The predicted octanol–water partition coefficient (Wildman–Crippen LogP) is 5.68. The summed E-state index contributed by atoms with van der Waals surface area (Å²) in [5.74, 6) is 0.625. The minimum absolute atomic E-state index is 0.259. The Hall–Kier alpha value is -1.91. The number of hydrogen-bond donors (Lipinski definition) is 1. The summed E-state index contributed by atoms with van der Waals surface area (Å²) in [6, 6.07) is 10.2. The highest BCUT2D eigenvalue weighted by atomic mass is 35.5. The van der Waals surface area contributed by atoms with Crippen LogP contribution >= 0.6 is 23.2 Å². The molecule has 0 saturated heterocycles. The van der Waals surface area contributed by atoms with E-state index in [1.807, 2.05) is 6.07 Å². The number of benzene rings is 2. The summed E-state index contributed by atoms with van der Waals surface area (Å²) >= 11 is 11.9. The van der Waals surface area contributed by atoms with E-state index in [9.17, 15) is 4.79 Å². The molecular formula is C19H17Cl2NO3. The number of carbonyl (C=O) groups is 1. The summed E-state index contributed by atoms with van der Waals surface area (Å²) in [6.07, 6.45) is 5.22. The van der Waals surface area contributed by atoms with Gasteiger partial charge in [0.1, 0.15) is 0 Å². The molecule has 25 heavy (non-hydrogen) atoms. The first-order chi connectivity index (χ1) is 12.0. The fraction of sp³-hybridized carbons (Fsp3) is 0.316. The molecule has 2 aliphatic rings. The van der Waals surface area contributed by atoms with Gasteiger partial charge in [0, 0.05) is 30.2 Å². The van der Waals surface area contributed by atoms with E-state index in [1.54, 1.807) is 30.3 Å². The Labute approximate surface area is 156 Å². The van der Waals surface area contributed by atoms with E-state index in [-0.39, 0.29) is 5.91 Å². The number of nitrogens with one attached hydrogen (secondary N) is 1. The summed E-state index contributed by atoms with van der Waals surface area (Å²) in [4.78, 5) is 12.4. The molecule has 1 heterocycles. The molecule has 130 valence electrons.